The Balaban J connectivity index is 1.58. The van der Waals surface area contributed by atoms with E-state index in [1.165, 1.54) is 5.56 Å². The van der Waals surface area contributed by atoms with Gasteiger partial charge in [0.1, 0.15) is 0 Å². The SMILES string of the molecule is CN(C)c1ncc(-c2ccc(C(N)=O)cc2)c([C@@H]2CCCN(CCc3ccccc3)C2)n1. The molecule has 0 saturated carbocycles. The summed E-state index contributed by atoms with van der Waals surface area (Å²) < 4.78 is 0. The number of amides is 1. The minimum absolute atomic E-state index is 0.340. The zero-order chi connectivity index (χ0) is 22.5. The standard InChI is InChI=1S/C26H31N5O/c1-30(2)26-28-17-23(20-10-12-21(13-11-20)25(27)32)24(29-26)22-9-6-15-31(18-22)16-14-19-7-4-3-5-8-19/h3-5,7-8,10-13,17,22H,6,9,14-16,18H2,1-2H3,(H2,27,32)/t22-/m1/s1. The van der Waals surface area contributed by atoms with Crippen LogP contribution in [0, 0.1) is 0 Å². The molecule has 3 aromatic rings. The van der Waals surface area contributed by atoms with Crippen LogP contribution >= 0.6 is 0 Å². The van der Waals surface area contributed by atoms with E-state index < -0.39 is 5.91 Å². The first kappa shape index (κ1) is 22.0. The third-order valence-electron chi connectivity index (χ3n) is 6.14. The summed E-state index contributed by atoms with van der Waals surface area (Å²) in [5, 5.41) is 0. The molecule has 0 bridgehead atoms. The van der Waals surface area contributed by atoms with Crippen molar-refractivity contribution in [2.45, 2.75) is 25.2 Å². The lowest BCUT2D eigenvalue weighted by molar-refractivity contribution is 0.100. The van der Waals surface area contributed by atoms with Gasteiger partial charge in [-0.1, -0.05) is 42.5 Å². The predicted octanol–water partition coefficient (Wildman–Crippen LogP) is 3.73. The van der Waals surface area contributed by atoms with Crippen LogP contribution in [0.3, 0.4) is 0 Å². The minimum atomic E-state index is -0.419. The number of hydrogen-bond acceptors (Lipinski definition) is 5. The van der Waals surface area contributed by atoms with Crippen molar-refractivity contribution in [2.24, 2.45) is 5.73 Å². The molecule has 6 heteroatoms. The van der Waals surface area contributed by atoms with Crippen LogP contribution in [0.5, 0.6) is 0 Å². The first-order valence-corrected chi connectivity index (χ1v) is 11.2. The molecular formula is C26H31N5O. The molecule has 32 heavy (non-hydrogen) atoms. The van der Waals surface area contributed by atoms with Crippen molar-refractivity contribution < 1.29 is 4.79 Å². The molecule has 4 rings (SSSR count). The Morgan fingerprint density at radius 1 is 1.12 bits per heavy atom. The van der Waals surface area contributed by atoms with Gasteiger partial charge in [-0.2, -0.15) is 0 Å². The summed E-state index contributed by atoms with van der Waals surface area (Å²) in [4.78, 5) is 25.5. The summed E-state index contributed by atoms with van der Waals surface area (Å²) >= 11 is 0. The molecule has 2 aromatic carbocycles. The van der Waals surface area contributed by atoms with Crippen LogP contribution in [-0.2, 0) is 6.42 Å². The Bertz CT molecular complexity index is 1050. The van der Waals surface area contributed by atoms with Gasteiger partial charge in [-0.3, -0.25) is 4.79 Å². The van der Waals surface area contributed by atoms with E-state index in [2.05, 4.69) is 40.2 Å². The number of primary amides is 1. The predicted molar refractivity (Wildman–Crippen MR) is 129 cm³/mol. The summed E-state index contributed by atoms with van der Waals surface area (Å²) in [5.74, 6) is 0.642. The maximum absolute atomic E-state index is 11.5. The highest BCUT2D eigenvalue weighted by molar-refractivity contribution is 5.93. The van der Waals surface area contributed by atoms with Gasteiger partial charge in [0.25, 0.3) is 0 Å². The highest BCUT2D eigenvalue weighted by Crippen LogP contribution is 2.34. The zero-order valence-electron chi connectivity index (χ0n) is 18.9. The van der Waals surface area contributed by atoms with E-state index in [4.69, 9.17) is 10.7 Å². The average molecular weight is 430 g/mol. The first-order valence-electron chi connectivity index (χ1n) is 11.2. The van der Waals surface area contributed by atoms with Crippen molar-refractivity contribution in [1.82, 2.24) is 14.9 Å². The van der Waals surface area contributed by atoms with Gasteiger partial charge in [0.2, 0.25) is 11.9 Å². The first-order chi connectivity index (χ1) is 15.5. The van der Waals surface area contributed by atoms with Crippen LogP contribution in [0.4, 0.5) is 5.95 Å². The van der Waals surface area contributed by atoms with Crippen molar-refractivity contribution >= 4 is 11.9 Å². The molecule has 0 radical (unpaired) electrons. The number of likely N-dealkylation sites (tertiary alicyclic amines) is 1. The van der Waals surface area contributed by atoms with Gasteiger partial charge in [-0.25, -0.2) is 9.97 Å². The fourth-order valence-corrected chi connectivity index (χ4v) is 4.36. The minimum Gasteiger partial charge on any atom is -0.366 e. The van der Waals surface area contributed by atoms with Gasteiger partial charge >= 0.3 is 0 Å². The fourth-order valence-electron chi connectivity index (χ4n) is 4.36. The summed E-state index contributed by atoms with van der Waals surface area (Å²) in [6, 6.07) is 18.1. The van der Waals surface area contributed by atoms with Gasteiger partial charge < -0.3 is 15.5 Å². The molecule has 0 unspecified atom stereocenters. The third kappa shape index (κ3) is 5.14. The molecule has 1 aliphatic heterocycles. The maximum Gasteiger partial charge on any atom is 0.248 e. The second-order valence-electron chi connectivity index (χ2n) is 8.68. The number of rotatable bonds is 7. The molecule has 6 nitrogen and oxygen atoms in total. The lowest BCUT2D eigenvalue weighted by Crippen LogP contribution is -2.36. The van der Waals surface area contributed by atoms with Crippen LogP contribution in [0.1, 0.15) is 40.4 Å². The summed E-state index contributed by atoms with van der Waals surface area (Å²) in [7, 11) is 3.93. The molecule has 1 aromatic heterocycles. The average Bonchev–Trinajstić information content (AvgIpc) is 2.83. The van der Waals surface area contributed by atoms with Crippen LogP contribution < -0.4 is 10.6 Å². The van der Waals surface area contributed by atoms with E-state index in [1.54, 1.807) is 12.1 Å². The molecule has 2 N–H and O–H groups in total. The van der Waals surface area contributed by atoms with E-state index >= 15 is 0 Å². The third-order valence-corrected chi connectivity index (χ3v) is 6.14. The molecule has 166 valence electrons. The van der Waals surface area contributed by atoms with Crippen molar-refractivity contribution in [3.63, 3.8) is 0 Å². The van der Waals surface area contributed by atoms with Crippen LogP contribution in [0.2, 0.25) is 0 Å². The van der Waals surface area contributed by atoms with E-state index in [0.29, 0.717) is 11.5 Å². The number of benzene rings is 2. The van der Waals surface area contributed by atoms with Crippen molar-refractivity contribution in [2.75, 3.05) is 38.6 Å². The number of hydrogen-bond donors (Lipinski definition) is 1. The number of nitrogens with two attached hydrogens (primary N) is 1. The zero-order valence-corrected chi connectivity index (χ0v) is 18.9. The molecule has 1 fully saturated rings. The molecule has 0 spiro atoms. The maximum atomic E-state index is 11.5. The second-order valence-corrected chi connectivity index (χ2v) is 8.68. The molecule has 1 aliphatic rings. The molecule has 1 atom stereocenters. The number of anilines is 1. The second kappa shape index (κ2) is 9.92. The molecule has 2 heterocycles. The van der Waals surface area contributed by atoms with Gasteiger partial charge in [-0.05, 0) is 49.1 Å². The number of nitrogens with zero attached hydrogens (tertiary/aromatic N) is 4. The van der Waals surface area contributed by atoms with Crippen LogP contribution in [0.15, 0.2) is 60.8 Å². The van der Waals surface area contributed by atoms with Crippen molar-refractivity contribution in [1.29, 1.82) is 0 Å². The summed E-state index contributed by atoms with van der Waals surface area (Å²) in [6.07, 6.45) is 5.24. The summed E-state index contributed by atoms with van der Waals surface area (Å²) in [5.41, 5.74) is 10.4. The molecular weight excluding hydrogens is 398 g/mol. The molecule has 1 amide bonds. The number of aromatic nitrogens is 2. The topological polar surface area (TPSA) is 75.4 Å². The Morgan fingerprint density at radius 3 is 2.56 bits per heavy atom. The van der Waals surface area contributed by atoms with Gasteiger partial charge in [0, 0.05) is 50.4 Å². The highest BCUT2D eigenvalue weighted by Gasteiger charge is 2.26. The number of piperidine rings is 1. The fraction of sp³-hybridized carbons (Fsp3) is 0.346. The van der Waals surface area contributed by atoms with E-state index in [-0.39, 0.29) is 0 Å². The Kier molecular flexibility index (Phi) is 6.81. The lowest BCUT2D eigenvalue weighted by atomic mass is 9.89. The Morgan fingerprint density at radius 2 is 1.88 bits per heavy atom. The van der Waals surface area contributed by atoms with E-state index in [0.717, 1.165) is 61.7 Å². The number of carbonyl (C=O) groups is 1. The van der Waals surface area contributed by atoms with Gasteiger partial charge in [-0.15, -0.1) is 0 Å². The Labute approximate surface area is 190 Å². The highest BCUT2D eigenvalue weighted by atomic mass is 16.1. The molecule has 1 saturated heterocycles. The van der Waals surface area contributed by atoms with E-state index in [9.17, 15) is 4.79 Å². The Hall–Kier alpha value is -3.25. The quantitative estimate of drug-likeness (QED) is 0.619. The van der Waals surface area contributed by atoms with Crippen LogP contribution in [0.25, 0.3) is 11.1 Å². The largest absolute Gasteiger partial charge is 0.366 e. The van der Waals surface area contributed by atoms with Crippen molar-refractivity contribution in [3.05, 3.63) is 77.6 Å². The van der Waals surface area contributed by atoms with E-state index in [1.807, 2.05) is 37.3 Å². The number of carbonyl (C=O) groups excluding carboxylic acids is 1. The van der Waals surface area contributed by atoms with Crippen molar-refractivity contribution in [3.8, 4) is 11.1 Å². The van der Waals surface area contributed by atoms with Gasteiger partial charge in [0.15, 0.2) is 0 Å². The summed E-state index contributed by atoms with van der Waals surface area (Å²) in [6.45, 7) is 3.16. The molecule has 0 aliphatic carbocycles. The van der Waals surface area contributed by atoms with Crippen LogP contribution in [-0.4, -0.2) is 54.5 Å². The van der Waals surface area contributed by atoms with Gasteiger partial charge in [0.05, 0.1) is 5.69 Å². The monoisotopic (exact) mass is 429 g/mol. The lowest BCUT2D eigenvalue weighted by Gasteiger charge is -2.33. The normalized spacial score (nSPS) is 16.6. The smallest absolute Gasteiger partial charge is 0.248 e.